The van der Waals surface area contributed by atoms with Crippen LogP contribution >= 0.6 is 0 Å². The van der Waals surface area contributed by atoms with Crippen LogP contribution in [0.15, 0.2) is 42.7 Å². The van der Waals surface area contributed by atoms with E-state index in [0.717, 1.165) is 39.0 Å². The van der Waals surface area contributed by atoms with E-state index in [9.17, 15) is 0 Å². The third-order valence-corrected chi connectivity index (χ3v) is 6.04. The molecule has 4 rings (SSSR count). The van der Waals surface area contributed by atoms with Crippen LogP contribution in [0.5, 0.6) is 0 Å². The molecule has 2 aromatic heterocycles. The molecule has 1 aliphatic heterocycles. The number of nitrogens with one attached hydrogen (secondary N) is 1. The number of H-pyrrole nitrogens is 1. The Bertz CT molecular complexity index is 872. The highest BCUT2D eigenvalue weighted by Gasteiger charge is 2.24. The molecule has 5 nitrogen and oxygen atoms in total. The van der Waals surface area contributed by atoms with Gasteiger partial charge in [-0.2, -0.15) is 10.2 Å². The highest BCUT2D eigenvalue weighted by atomic mass is 15.3. The van der Waals surface area contributed by atoms with Gasteiger partial charge in [0.15, 0.2) is 0 Å². The van der Waals surface area contributed by atoms with Gasteiger partial charge in [0.25, 0.3) is 0 Å². The average Bonchev–Trinajstić information content (AvgIpc) is 3.34. The molecule has 3 aromatic rings. The number of benzene rings is 1. The normalized spacial score (nSPS) is 15.9. The number of aryl methyl sites for hydroxylation is 4. The predicted octanol–water partition coefficient (Wildman–Crippen LogP) is 4.10. The first-order valence-electron chi connectivity index (χ1n) is 10.5. The monoisotopic (exact) mass is 377 g/mol. The molecule has 28 heavy (non-hydrogen) atoms. The van der Waals surface area contributed by atoms with Crippen molar-refractivity contribution in [2.24, 2.45) is 0 Å². The number of aromatic nitrogens is 4. The molecule has 1 aromatic carbocycles. The van der Waals surface area contributed by atoms with Gasteiger partial charge in [0.05, 0.1) is 11.9 Å². The summed E-state index contributed by atoms with van der Waals surface area (Å²) >= 11 is 0. The maximum atomic E-state index is 4.58. The molecule has 0 saturated carbocycles. The molecule has 3 heterocycles. The Morgan fingerprint density at radius 3 is 2.57 bits per heavy atom. The molecule has 1 saturated heterocycles. The second-order valence-electron chi connectivity index (χ2n) is 7.94. The summed E-state index contributed by atoms with van der Waals surface area (Å²) in [6, 6.07) is 10.7. The molecule has 0 radical (unpaired) electrons. The first kappa shape index (κ1) is 18.9. The third-order valence-electron chi connectivity index (χ3n) is 6.04. The molecule has 0 unspecified atom stereocenters. The summed E-state index contributed by atoms with van der Waals surface area (Å²) in [6.45, 7) is 8.49. The lowest BCUT2D eigenvalue weighted by atomic mass is 9.90. The zero-order valence-electron chi connectivity index (χ0n) is 17.1. The number of rotatable bonds is 7. The average molecular weight is 378 g/mol. The second kappa shape index (κ2) is 8.74. The molecule has 0 atom stereocenters. The molecule has 1 N–H and O–H groups in total. The van der Waals surface area contributed by atoms with Crippen LogP contribution in [0.4, 0.5) is 0 Å². The van der Waals surface area contributed by atoms with E-state index in [1.807, 2.05) is 10.9 Å². The lowest BCUT2D eigenvalue weighted by Crippen LogP contribution is -2.33. The number of nitrogens with zero attached hydrogens (tertiary/aromatic N) is 4. The van der Waals surface area contributed by atoms with E-state index >= 15 is 0 Å². The van der Waals surface area contributed by atoms with Crippen LogP contribution in [-0.2, 0) is 25.9 Å². The maximum absolute atomic E-state index is 4.58. The van der Waals surface area contributed by atoms with Gasteiger partial charge < -0.3 is 0 Å². The van der Waals surface area contributed by atoms with Gasteiger partial charge in [-0.15, -0.1) is 0 Å². The van der Waals surface area contributed by atoms with Crippen LogP contribution < -0.4 is 0 Å². The van der Waals surface area contributed by atoms with E-state index in [-0.39, 0.29) is 0 Å². The van der Waals surface area contributed by atoms with E-state index in [0.29, 0.717) is 5.92 Å². The smallest absolute Gasteiger partial charge is 0.0638 e. The number of piperidine rings is 1. The standard InChI is InChI=1S/C23H31N5/c1-3-28-17-22(18(2)26-28)16-27-13-11-20(12-14-27)23-21(15-24-25-23)10-9-19-7-5-4-6-8-19/h4-8,15,17,20H,3,9-14,16H2,1-2H3,(H,24,25). The maximum Gasteiger partial charge on any atom is 0.0638 e. The van der Waals surface area contributed by atoms with Crippen LogP contribution in [0.3, 0.4) is 0 Å². The second-order valence-corrected chi connectivity index (χ2v) is 7.94. The Morgan fingerprint density at radius 2 is 1.86 bits per heavy atom. The molecular formula is C23H31N5. The van der Waals surface area contributed by atoms with Crippen molar-refractivity contribution in [3.05, 3.63) is 70.8 Å². The minimum atomic E-state index is 0.601. The molecule has 5 heteroatoms. The van der Waals surface area contributed by atoms with Crippen LogP contribution in [0.1, 0.15) is 53.8 Å². The van der Waals surface area contributed by atoms with Gasteiger partial charge in [-0.1, -0.05) is 30.3 Å². The fourth-order valence-electron chi connectivity index (χ4n) is 4.29. The predicted molar refractivity (Wildman–Crippen MR) is 112 cm³/mol. The van der Waals surface area contributed by atoms with Crippen molar-refractivity contribution in [3.8, 4) is 0 Å². The zero-order chi connectivity index (χ0) is 19.3. The highest BCUT2D eigenvalue weighted by molar-refractivity contribution is 5.24. The number of likely N-dealkylation sites (tertiary alicyclic amines) is 1. The summed E-state index contributed by atoms with van der Waals surface area (Å²) in [4.78, 5) is 2.57. The SMILES string of the molecule is CCn1cc(CN2CCC(c3[nH]ncc3CCc3ccccc3)CC2)c(C)n1. The number of aromatic amines is 1. The topological polar surface area (TPSA) is 49.7 Å². The van der Waals surface area contributed by atoms with Gasteiger partial charge >= 0.3 is 0 Å². The lowest BCUT2D eigenvalue weighted by Gasteiger charge is -2.31. The van der Waals surface area contributed by atoms with Crippen molar-refractivity contribution in [1.29, 1.82) is 0 Å². The summed E-state index contributed by atoms with van der Waals surface area (Å²) in [5, 5.41) is 12.3. The van der Waals surface area contributed by atoms with Crippen LogP contribution in [0, 0.1) is 6.92 Å². The van der Waals surface area contributed by atoms with Gasteiger partial charge in [0.2, 0.25) is 0 Å². The Kier molecular flexibility index (Phi) is 5.91. The van der Waals surface area contributed by atoms with Crippen LogP contribution in [0.2, 0.25) is 0 Å². The van der Waals surface area contributed by atoms with Crippen molar-refractivity contribution in [2.45, 2.75) is 58.5 Å². The van der Waals surface area contributed by atoms with Crippen LogP contribution in [0.25, 0.3) is 0 Å². The van der Waals surface area contributed by atoms with Gasteiger partial charge in [-0.25, -0.2) is 0 Å². The van der Waals surface area contributed by atoms with Crippen LogP contribution in [-0.4, -0.2) is 38.0 Å². The number of hydrogen-bond acceptors (Lipinski definition) is 3. The van der Waals surface area contributed by atoms with E-state index in [1.165, 1.54) is 40.9 Å². The van der Waals surface area contributed by atoms with E-state index in [2.05, 4.69) is 70.6 Å². The number of hydrogen-bond donors (Lipinski definition) is 1. The summed E-state index contributed by atoms with van der Waals surface area (Å²) in [5.74, 6) is 0.601. The van der Waals surface area contributed by atoms with Gasteiger partial charge in [0.1, 0.15) is 0 Å². The van der Waals surface area contributed by atoms with Crippen molar-refractivity contribution >= 4 is 0 Å². The first-order valence-corrected chi connectivity index (χ1v) is 10.5. The van der Waals surface area contributed by atoms with E-state index < -0.39 is 0 Å². The Balaban J connectivity index is 1.33. The van der Waals surface area contributed by atoms with Gasteiger partial charge in [-0.05, 0) is 63.7 Å². The molecule has 0 spiro atoms. The molecule has 148 valence electrons. The molecule has 0 bridgehead atoms. The Labute approximate surface area is 167 Å². The Morgan fingerprint density at radius 1 is 1.07 bits per heavy atom. The first-order chi connectivity index (χ1) is 13.7. The zero-order valence-corrected chi connectivity index (χ0v) is 17.1. The largest absolute Gasteiger partial charge is 0.299 e. The lowest BCUT2D eigenvalue weighted by molar-refractivity contribution is 0.202. The fourth-order valence-corrected chi connectivity index (χ4v) is 4.29. The minimum Gasteiger partial charge on any atom is -0.299 e. The van der Waals surface area contributed by atoms with Crippen molar-refractivity contribution < 1.29 is 0 Å². The van der Waals surface area contributed by atoms with E-state index in [1.54, 1.807) is 0 Å². The van der Waals surface area contributed by atoms with Crippen molar-refractivity contribution in [1.82, 2.24) is 24.9 Å². The summed E-state index contributed by atoms with van der Waals surface area (Å²) in [7, 11) is 0. The summed E-state index contributed by atoms with van der Waals surface area (Å²) < 4.78 is 2.04. The fraction of sp³-hybridized carbons (Fsp3) is 0.478. The molecule has 0 amide bonds. The summed E-state index contributed by atoms with van der Waals surface area (Å²) in [6.07, 6.45) is 8.77. The van der Waals surface area contributed by atoms with Gasteiger partial charge in [0, 0.05) is 36.5 Å². The minimum absolute atomic E-state index is 0.601. The summed E-state index contributed by atoms with van der Waals surface area (Å²) in [5.41, 5.74) is 6.69. The molecule has 1 fully saturated rings. The highest BCUT2D eigenvalue weighted by Crippen LogP contribution is 2.30. The van der Waals surface area contributed by atoms with Gasteiger partial charge in [-0.3, -0.25) is 14.7 Å². The third kappa shape index (κ3) is 4.36. The Hall–Kier alpha value is -2.40. The molecule has 1 aliphatic rings. The van der Waals surface area contributed by atoms with E-state index in [4.69, 9.17) is 0 Å². The molecular weight excluding hydrogens is 346 g/mol. The van der Waals surface area contributed by atoms with Crippen molar-refractivity contribution in [3.63, 3.8) is 0 Å². The molecule has 0 aliphatic carbocycles. The quantitative estimate of drug-likeness (QED) is 0.674. The van der Waals surface area contributed by atoms with Crippen molar-refractivity contribution in [2.75, 3.05) is 13.1 Å².